The zero-order chi connectivity index (χ0) is 58.6. The van der Waals surface area contributed by atoms with Crippen LogP contribution in [-0.4, -0.2) is 74.0 Å². The number of non-ortho nitro benzene ring substituents is 1. The molecule has 0 saturated heterocycles. The van der Waals surface area contributed by atoms with Gasteiger partial charge in [-0.3, -0.25) is 29.8 Å². The number of aliphatic hydroxyl groups is 1. The predicted octanol–water partition coefficient (Wildman–Crippen LogP) is 11.7. The summed E-state index contributed by atoms with van der Waals surface area (Å²) in [4.78, 5) is 65.9. The van der Waals surface area contributed by atoms with E-state index >= 15 is 0 Å². The number of hydrogen-bond donors (Lipinski definition) is 2. The molecule has 0 spiro atoms. The first-order valence-electron chi connectivity index (χ1n) is 23.2. The number of alkyl halides is 1. The zero-order valence-electron chi connectivity index (χ0n) is 46.8. The van der Waals surface area contributed by atoms with Crippen LogP contribution in [0.5, 0.6) is 0 Å². The van der Waals surface area contributed by atoms with Crippen molar-refractivity contribution in [3.8, 4) is 33.8 Å². The number of nitrogens with zero attached hydrogens (tertiary/aromatic N) is 5. The molecule has 82 heavy (non-hydrogen) atoms. The van der Waals surface area contributed by atoms with Crippen LogP contribution in [0, 0.1) is 99.9 Å². The van der Waals surface area contributed by atoms with E-state index in [2.05, 4.69) is 66.9 Å². The van der Waals surface area contributed by atoms with E-state index in [4.69, 9.17) is 30.0 Å². The predicted molar refractivity (Wildman–Crippen MR) is 297 cm³/mol. The van der Waals surface area contributed by atoms with E-state index in [1.165, 1.54) is 49.6 Å². The van der Waals surface area contributed by atoms with Crippen LogP contribution in [0.15, 0.2) is 104 Å². The van der Waals surface area contributed by atoms with E-state index in [-0.39, 0.29) is 194 Å². The fourth-order valence-corrected chi connectivity index (χ4v) is 8.04. The minimum atomic E-state index is -3.38. The van der Waals surface area contributed by atoms with Gasteiger partial charge >= 0.3 is 0 Å². The number of Topliss-reactive ketones (excluding diaryl/α,β-unsaturated/α-hetero) is 2. The Morgan fingerprint density at radius 1 is 0.659 bits per heavy atom. The quantitative estimate of drug-likeness (QED) is 0.0400. The van der Waals surface area contributed by atoms with Crippen molar-refractivity contribution in [3.05, 3.63) is 197 Å². The van der Waals surface area contributed by atoms with E-state index in [1.54, 1.807) is 53.2 Å². The van der Waals surface area contributed by atoms with Gasteiger partial charge in [-0.05, 0) is 25.1 Å². The number of hydrogen-bond acceptors (Lipinski definition) is 16. The smallest absolute Gasteiger partial charge is 0.214 e. The summed E-state index contributed by atoms with van der Waals surface area (Å²) in [6, 6.07) is 29.6. The molecule has 19 nitrogen and oxygen atoms in total. The van der Waals surface area contributed by atoms with Crippen LogP contribution < -0.4 is 5.73 Å². The van der Waals surface area contributed by atoms with E-state index in [1.807, 2.05) is 45.9 Å². The van der Waals surface area contributed by atoms with Gasteiger partial charge in [0.1, 0.15) is 18.8 Å². The van der Waals surface area contributed by atoms with E-state index in [0.717, 1.165) is 51.0 Å². The summed E-state index contributed by atoms with van der Waals surface area (Å²) in [5.74, 6) is 1.16. The summed E-state index contributed by atoms with van der Waals surface area (Å²) < 4.78 is 38.7. The molecule has 3 heterocycles. The third-order valence-electron chi connectivity index (χ3n) is 10.3. The van der Waals surface area contributed by atoms with Gasteiger partial charge in [-0.15, -0.1) is 39.9 Å². The minimum absolute atomic E-state index is 0. The number of nitro benzene ring substituents is 2. The molecule has 0 aliphatic rings. The summed E-state index contributed by atoms with van der Waals surface area (Å²) in [5.41, 5.74) is 15.0. The Balaban J connectivity index is 0. The van der Waals surface area contributed by atoms with Gasteiger partial charge in [-0.2, -0.15) is 64.7 Å². The summed E-state index contributed by atoms with van der Waals surface area (Å²) in [5, 5.41) is 28.9. The number of aryl methyl sites for hydroxylation is 8. The zero-order valence-corrected chi connectivity index (χ0v) is 61.3. The Labute approximate surface area is 590 Å². The number of primary amides is 1. The van der Waals surface area contributed by atoms with Crippen molar-refractivity contribution in [2.45, 2.75) is 80.6 Å². The van der Waals surface area contributed by atoms with Gasteiger partial charge in [0, 0.05) is 199 Å². The Morgan fingerprint density at radius 3 is 1.45 bits per heavy atom. The van der Waals surface area contributed by atoms with Crippen LogP contribution in [0.4, 0.5) is 11.4 Å². The van der Waals surface area contributed by atoms with Crippen LogP contribution in [0.25, 0.3) is 33.8 Å². The molecule has 8 rings (SSSR count). The number of nitrogens with two attached hydrogens (primary N) is 1. The molecule has 4 radical (unpaired) electrons. The minimum Gasteiger partial charge on any atom is -0.450 e. The van der Waals surface area contributed by atoms with Gasteiger partial charge in [0.2, 0.25) is 5.91 Å². The van der Waals surface area contributed by atoms with Crippen molar-refractivity contribution < 1.29 is 182 Å². The number of nitro groups is 2. The molecule has 0 atom stereocenters. The second-order valence-electron chi connectivity index (χ2n) is 16.7. The maximum absolute atomic E-state index is 12.6. The first kappa shape index (κ1) is 80.5. The summed E-state index contributed by atoms with van der Waals surface area (Å²) in [6.45, 7) is 17.9. The number of aliphatic hydroxyl groups excluding tert-OH is 1. The first-order valence-corrected chi connectivity index (χ1v) is 26.6. The fourth-order valence-electron chi connectivity index (χ4n) is 6.74. The maximum atomic E-state index is 12.6. The molecule has 0 aliphatic carbocycles. The second-order valence-corrected chi connectivity index (χ2v) is 19.7. The van der Waals surface area contributed by atoms with Crippen molar-refractivity contribution in [1.82, 2.24) is 15.0 Å². The molecule has 1 amide bonds. The monoisotopic (exact) mass is 1520 g/mol. The number of carbonyl (C=O) groups is 3. The fraction of sp³-hybridized carbons (Fsp3) is 0.250. The van der Waals surface area contributed by atoms with Crippen LogP contribution in [-0.2, 0) is 152 Å². The number of oxazole rings is 3. The first-order chi connectivity index (χ1) is 36.6. The summed E-state index contributed by atoms with van der Waals surface area (Å²) in [6.07, 6.45) is 5.99. The average molecular weight is 1520 g/mol. The van der Waals surface area contributed by atoms with Crippen molar-refractivity contribution in [2.75, 3.05) is 18.2 Å². The number of carbonyl (C=O) groups excluding carboxylic acids is 3. The van der Waals surface area contributed by atoms with Gasteiger partial charge in [0.15, 0.2) is 44.7 Å². The van der Waals surface area contributed by atoms with Crippen molar-refractivity contribution in [2.24, 2.45) is 5.73 Å². The number of sulfone groups is 1. The molecule has 0 fully saturated rings. The van der Waals surface area contributed by atoms with E-state index in [0.29, 0.717) is 45.6 Å². The average Bonchev–Trinajstić information content (AvgIpc) is 4.12. The molecule has 3 aromatic heterocycles. The van der Waals surface area contributed by atoms with Gasteiger partial charge in [-0.1, -0.05) is 85.9 Å². The Hall–Kier alpha value is -3.56. The third-order valence-corrected chi connectivity index (χ3v) is 12.2. The van der Waals surface area contributed by atoms with Gasteiger partial charge in [0.05, 0.1) is 32.8 Å². The molecule has 0 saturated carbocycles. The molecular formula is C56H56BrClN6O13SY4-4. The van der Waals surface area contributed by atoms with Gasteiger partial charge < -0.3 is 28.9 Å². The van der Waals surface area contributed by atoms with Crippen molar-refractivity contribution in [3.63, 3.8) is 0 Å². The molecule has 26 heteroatoms. The van der Waals surface area contributed by atoms with Crippen molar-refractivity contribution >= 4 is 66.2 Å². The van der Waals surface area contributed by atoms with Gasteiger partial charge in [0.25, 0.3) is 0 Å². The Bertz CT molecular complexity index is 3540. The number of benzene rings is 5. The molecule has 424 valence electrons. The van der Waals surface area contributed by atoms with Crippen LogP contribution >= 0.6 is 27.5 Å². The Kier molecular flexibility index (Phi) is 38.5. The normalized spacial score (nSPS) is 9.83. The Morgan fingerprint density at radius 2 is 1.10 bits per heavy atom. The van der Waals surface area contributed by atoms with E-state index in [9.17, 15) is 43.0 Å². The molecule has 5 aromatic carbocycles. The van der Waals surface area contributed by atoms with Gasteiger partial charge in [-0.25, -0.2) is 23.4 Å². The van der Waals surface area contributed by atoms with Crippen LogP contribution in [0.3, 0.4) is 0 Å². The van der Waals surface area contributed by atoms with Crippen LogP contribution in [0.1, 0.15) is 85.6 Å². The summed E-state index contributed by atoms with van der Waals surface area (Å²) >= 11 is 9.14. The SMILES string of the molecule is CC(N)=O.CCO.Cc1[c-]c(C(=O)CBr)ccc1[N+](=O)[O-].Cc1[c-]c(C)c(-c2coc(C)n2)cc1.Cc1nc(-c2ccc(CC(=O)c3ccc(S(C)(=O)=O)cc3Cl)[c-]c2C)co1.Cc1nc(-c2ccc([N+](=O)[O-])[c-]c2C)co1.[Y].[Y].[Y].[Y]. The number of ketones is 2. The second kappa shape index (κ2) is 39.2. The molecule has 3 N–H and O–H groups in total. The molecule has 8 aromatic rings. The topological polar surface area (TPSA) is 296 Å². The van der Waals surface area contributed by atoms with Crippen LogP contribution in [0.2, 0.25) is 5.02 Å². The largest absolute Gasteiger partial charge is 0.450 e. The number of rotatable bonds is 11. The van der Waals surface area contributed by atoms with Crippen molar-refractivity contribution in [1.29, 1.82) is 0 Å². The molecule has 0 bridgehead atoms. The standard InChI is InChI=1S/C20H17ClNO4S.C12H12NO.C11H9N2O3.C9H7BrNO3.C2H5NO.C2H6O.4Y/c1-12-8-14(4-6-16(12)19-11-26-13(2)22-19)9-20(23)17-7-5-15(10-18(17)21)27(3,24)25;1-8-4-5-11(9(2)6-8)12-7-14-10(3)13-12;1-7-5-9(13(14)15)3-4-10(7)11-6-16-8(2)12-11;1-6-4-7(9(12)5-10)2-3-8(6)11(13)14;1-2(3)4;1-2-3;;;;/h4-7,10-11H,9H2,1-3H3;4-5,7H,1-3H3;3-4,6H,1-2H3;2-3H,5H2,1H3;1H3,(H2,3,4);3H,2H2,1H3;;;;/q4*-1;;;;;;. The number of halogens is 2. The van der Waals surface area contributed by atoms with E-state index < -0.39 is 19.7 Å². The molecule has 0 unspecified atom stereocenters. The third kappa shape index (κ3) is 26.4. The number of aromatic nitrogens is 3. The number of amides is 1. The molecule has 0 aliphatic heterocycles. The maximum Gasteiger partial charge on any atom is 0.214 e. The summed E-state index contributed by atoms with van der Waals surface area (Å²) in [7, 11) is -3.38. The molecular weight excluding hydrogens is 1470 g/mol.